The van der Waals surface area contributed by atoms with Gasteiger partial charge in [0.2, 0.25) is 0 Å². The summed E-state index contributed by atoms with van der Waals surface area (Å²) in [5.74, 6) is -0.272. The zero-order valence-electron chi connectivity index (χ0n) is 13.5. The van der Waals surface area contributed by atoms with Crippen molar-refractivity contribution in [2.75, 3.05) is 0 Å². The largest absolute Gasteiger partial charge is 0.344 e. The van der Waals surface area contributed by atoms with Gasteiger partial charge in [-0.05, 0) is 55.4 Å². The minimum Gasteiger partial charge on any atom is -0.344 e. The number of hydrogen-bond donors (Lipinski definition) is 1. The van der Waals surface area contributed by atoms with Crippen molar-refractivity contribution >= 4 is 5.91 Å². The van der Waals surface area contributed by atoms with Gasteiger partial charge in [-0.3, -0.25) is 9.59 Å². The summed E-state index contributed by atoms with van der Waals surface area (Å²) in [6, 6.07) is 9.17. The zero-order chi connectivity index (χ0) is 16.4. The molecular formula is C18H21N3O2. The molecule has 1 aromatic heterocycles. The van der Waals surface area contributed by atoms with Crippen LogP contribution in [-0.4, -0.2) is 15.7 Å². The van der Waals surface area contributed by atoms with Crippen molar-refractivity contribution in [3.63, 3.8) is 0 Å². The summed E-state index contributed by atoms with van der Waals surface area (Å²) in [4.78, 5) is 23.6. The number of carbonyl (C=O) groups is 1. The van der Waals surface area contributed by atoms with Crippen LogP contribution in [0.5, 0.6) is 0 Å². The van der Waals surface area contributed by atoms with Crippen molar-refractivity contribution in [2.24, 2.45) is 7.05 Å². The molecule has 0 saturated heterocycles. The molecule has 0 aliphatic heterocycles. The fraction of sp³-hybridized carbons (Fsp3) is 0.389. The second-order valence-electron chi connectivity index (χ2n) is 6.11. The number of carbonyl (C=O) groups excluding carboxylic acids is 1. The van der Waals surface area contributed by atoms with Crippen LogP contribution in [-0.2, 0) is 19.9 Å². The standard InChI is InChI=1S/C18H21N3O2/c1-12(14-8-7-13-5-3-4-6-15(13)11-14)19-18(23)16-9-10-17(22)21(2)20-16/h7-12H,3-6H2,1-2H3,(H,19,23). The molecule has 2 aromatic rings. The van der Waals surface area contributed by atoms with Crippen LogP contribution in [0.15, 0.2) is 35.1 Å². The van der Waals surface area contributed by atoms with Crippen LogP contribution in [0, 0.1) is 0 Å². The average molecular weight is 311 g/mol. The molecule has 5 heteroatoms. The number of nitrogens with zero attached hydrogens (tertiary/aromatic N) is 2. The van der Waals surface area contributed by atoms with E-state index in [1.807, 2.05) is 6.92 Å². The minimum atomic E-state index is -0.272. The number of aryl methyl sites for hydroxylation is 3. The number of amides is 1. The van der Waals surface area contributed by atoms with Crippen LogP contribution >= 0.6 is 0 Å². The molecule has 23 heavy (non-hydrogen) atoms. The number of rotatable bonds is 3. The van der Waals surface area contributed by atoms with E-state index >= 15 is 0 Å². The maximum absolute atomic E-state index is 12.3. The molecule has 0 spiro atoms. The lowest BCUT2D eigenvalue weighted by Crippen LogP contribution is -2.30. The van der Waals surface area contributed by atoms with Gasteiger partial charge in [-0.1, -0.05) is 18.2 Å². The summed E-state index contributed by atoms with van der Waals surface area (Å²) >= 11 is 0. The third-order valence-corrected chi connectivity index (χ3v) is 4.41. The van der Waals surface area contributed by atoms with Crippen molar-refractivity contribution in [1.82, 2.24) is 15.1 Å². The molecule has 1 atom stereocenters. The van der Waals surface area contributed by atoms with E-state index in [1.54, 1.807) is 0 Å². The predicted molar refractivity (Wildman–Crippen MR) is 88.4 cm³/mol. The summed E-state index contributed by atoms with van der Waals surface area (Å²) < 4.78 is 1.17. The van der Waals surface area contributed by atoms with Gasteiger partial charge in [0.1, 0.15) is 5.69 Å². The molecule has 0 bridgehead atoms. The highest BCUT2D eigenvalue weighted by atomic mass is 16.2. The molecule has 1 N–H and O–H groups in total. The summed E-state index contributed by atoms with van der Waals surface area (Å²) in [7, 11) is 1.53. The smallest absolute Gasteiger partial charge is 0.272 e. The van der Waals surface area contributed by atoms with Gasteiger partial charge < -0.3 is 5.32 Å². The number of fused-ring (bicyclic) bond motifs is 1. The van der Waals surface area contributed by atoms with E-state index in [4.69, 9.17) is 0 Å². The minimum absolute atomic E-state index is 0.103. The summed E-state index contributed by atoms with van der Waals surface area (Å²) in [6.07, 6.45) is 4.76. The van der Waals surface area contributed by atoms with Gasteiger partial charge in [-0.25, -0.2) is 4.68 Å². The highest BCUT2D eigenvalue weighted by Crippen LogP contribution is 2.24. The Morgan fingerprint density at radius 1 is 1.17 bits per heavy atom. The van der Waals surface area contributed by atoms with E-state index in [0.29, 0.717) is 0 Å². The van der Waals surface area contributed by atoms with Gasteiger partial charge in [0, 0.05) is 13.1 Å². The van der Waals surface area contributed by atoms with Gasteiger partial charge in [-0.15, -0.1) is 0 Å². The first-order chi connectivity index (χ1) is 11.0. The second kappa shape index (κ2) is 6.36. The first-order valence-corrected chi connectivity index (χ1v) is 8.01. The van der Waals surface area contributed by atoms with E-state index < -0.39 is 0 Å². The molecule has 0 radical (unpaired) electrons. The Morgan fingerprint density at radius 2 is 1.91 bits per heavy atom. The lowest BCUT2D eigenvalue weighted by atomic mass is 9.89. The highest BCUT2D eigenvalue weighted by molar-refractivity contribution is 5.92. The molecule has 1 aromatic carbocycles. The van der Waals surface area contributed by atoms with E-state index in [1.165, 1.54) is 47.8 Å². The summed E-state index contributed by atoms with van der Waals surface area (Å²) in [6.45, 7) is 1.96. The van der Waals surface area contributed by atoms with Gasteiger partial charge in [0.05, 0.1) is 6.04 Å². The van der Waals surface area contributed by atoms with Crippen LogP contribution < -0.4 is 10.9 Å². The molecule has 3 rings (SSSR count). The number of aromatic nitrogens is 2. The number of hydrogen-bond acceptors (Lipinski definition) is 3. The molecule has 120 valence electrons. The molecule has 0 saturated carbocycles. The Kier molecular flexibility index (Phi) is 4.28. The quantitative estimate of drug-likeness (QED) is 0.944. The monoisotopic (exact) mass is 311 g/mol. The summed E-state index contributed by atoms with van der Waals surface area (Å²) in [5.41, 5.74) is 3.94. The highest BCUT2D eigenvalue weighted by Gasteiger charge is 2.16. The Hall–Kier alpha value is -2.43. The van der Waals surface area contributed by atoms with Crippen molar-refractivity contribution in [3.05, 3.63) is 63.1 Å². The van der Waals surface area contributed by atoms with Gasteiger partial charge in [0.25, 0.3) is 11.5 Å². The Bertz CT molecular complexity index is 795. The lowest BCUT2D eigenvalue weighted by molar-refractivity contribution is 0.0932. The van der Waals surface area contributed by atoms with Crippen molar-refractivity contribution < 1.29 is 4.79 Å². The van der Waals surface area contributed by atoms with Gasteiger partial charge in [0.15, 0.2) is 0 Å². The molecule has 1 aliphatic carbocycles. The van der Waals surface area contributed by atoms with Crippen LogP contribution in [0.2, 0.25) is 0 Å². The number of benzene rings is 1. The molecule has 1 unspecified atom stereocenters. The van der Waals surface area contributed by atoms with Crippen molar-refractivity contribution in [3.8, 4) is 0 Å². The molecule has 1 heterocycles. The van der Waals surface area contributed by atoms with Crippen LogP contribution in [0.1, 0.15) is 53.0 Å². The van der Waals surface area contributed by atoms with E-state index in [0.717, 1.165) is 18.4 Å². The topological polar surface area (TPSA) is 64.0 Å². The predicted octanol–water partition coefficient (Wildman–Crippen LogP) is 2.15. The lowest BCUT2D eigenvalue weighted by Gasteiger charge is -2.20. The van der Waals surface area contributed by atoms with Crippen molar-refractivity contribution in [2.45, 2.75) is 38.6 Å². The first kappa shape index (κ1) is 15.5. The normalized spacial score (nSPS) is 14.9. The summed E-state index contributed by atoms with van der Waals surface area (Å²) in [5, 5.41) is 6.93. The van der Waals surface area contributed by atoms with Crippen LogP contribution in [0.3, 0.4) is 0 Å². The fourth-order valence-corrected chi connectivity index (χ4v) is 3.00. The van der Waals surface area contributed by atoms with Gasteiger partial charge in [-0.2, -0.15) is 5.10 Å². The van der Waals surface area contributed by atoms with E-state index in [2.05, 4.69) is 28.6 Å². The van der Waals surface area contributed by atoms with Crippen LogP contribution in [0.4, 0.5) is 0 Å². The zero-order valence-corrected chi connectivity index (χ0v) is 13.5. The number of nitrogens with one attached hydrogen (secondary N) is 1. The first-order valence-electron chi connectivity index (χ1n) is 8.01. The third kappa shape index (κ3) is 3.33. The molecular weight excluding hydrogens is 290 g/mol. The van der Waals surface area contributed by atoms with Crippen LogP contribution in [0.25, 0.3) is 0 Å². The molecule has 5 nitrogen and oxygen atoms in total. The third-order valence-electron chi connectivity index (χ3n) is 4.41. The van der Waals surface area contributed by atoms with E-state index in [9.17, 15) is 9.59 Å². The maximum Gasteiger partial charge on any atom is 0.272 e. The maximum atomic E-state index is 12.3. The fourth-order valence-electron chi connectivity index (χ4n) is 3.00. The Labute approximate surface area is 135 Å². The van der Waals surface area contributed by atoms with Gasteiger partial charge >= 0.3 is 0 Å². The Morgan fingerprint density at radius 3 is 2.65 bits per heavy atom. The Balaban J connectivity index is 1.75. The second-order valence-corrected chi connectivity index (χ2v) is 6.11. The van der Waals surface area contributed by atoms with Crippen molar-refractivity contribution in [1.29, 1.82) is 0 Å². The molecule has 1 amide bonds. The average Bonchev–Trinajstić information content (AvgIpc) is 2.56. The SMILES string of the molecule is CC(NC(=O)c1ccc(=O)n(C)n1)c1ccc2c(c1)CCCC2. The van der Waals surface area contributed by atoms with E-state index in [-0.39, 0.29) is 23.2 Å². The molecule has 0 fully saturated rings. The molecule has 1 aliphatic rings.